The average Bonchev–Trinajstić information content (AvgIpc) is 2.98. The van der Waals surface area contributed by atoms with Crippen molar-refractivity contribution in [1.29, 1.82) is 0 Å². The number of nitrogens with zero attached hydrogens (tertiary/aromatic N) is 2. The Morgan fingerprint density at radius 2 is 1.92 bits per heavy atom. The molecular weight excluding hydrogens is 302 g/mol. The molecule has 2 aromatic rings. The lowest BCUT2D eigenvalue weighted by atomic mass is 9.91. The molecule has 1 spiro atoms. The summed E-state index contributed by atoms with van der Waals surface area (Å²) in [5.74, 6) is -0.0217. The number of benzene rings is 1. The average molecular weight is 321 g/mol. The summed E-state index contributed by atoms with van der Waals surface area (Å²) in [4.78, 5) is 31.0. The lowest BCUT2D eigenvalue weighted by molar-refractivity contribution is 0.0764. The lowest BCUT2D eigenvalue weighted by Crippen LogP contribution is -2.50. The Bertz CT molecular complexity index is 790. The highest BCUT2D eigenvalue weighted by atomic mass is 16.2. The van der Waals surface area contributed by atoms with Gasteiger partial charge in [-0.15, -0.1) is 0 Å². The Kier molecular flexibility index (Phi) is 3.56. The van der Waals surface area contributed by atoms with Crippen molar-refractivity contribution in [2.75, 3.05) is 13.1 Å². The van der Waals surface area contributed by atoms with E-state index in [1.165, 1.54) is 0 Å². The summed E-state index contributed by atoms with van der Waals surface area (Å²) >= 11 is 0. The van der Waals surface area contributed by atoms with E-state index >= 15 is 0 Å². The molecule has 1 fully saturated rings. The molecule has 2 amide bonds. The van der Waals surface area contributed by atoms with Crippen molar-refractivity contribution in [3.05, 3.63) is 65.5 Å². The van der Waals surface area contributed by atoms with Gasteiger partial charge in [-0.3, -0.25) is 14.6 Å². The highest BCUT2D eigenvalue weighted by molar-refractivity contribution is 5.97. The SMILES string of the molecule is O=C1N[C@]2(CCc3ccccc31)CCN(C(=O)c1ccncc1)C2. The van der Waals surface area contributed by atoms with Gasteiger partial charge < -0.3 is 10.2 Å². The molecule has 2 aliphatic rings. The minimum absolute atomic E-state index is 0.00489. The molecule has 4 rings (SSSR count). The van der Waals surface area contributed by atoms with Crippen molar-refractivity contribution < 1.29 is 9.59 Å². The minimum atomic E-state index is -0.321. The molecule has 0 aliphatic carbocycles. The number of hydrogen-bond acceptors (Lipinski definition) is 3. The molecule has 3 heterocycles. The van der Waals surface area contributed by atoms with Crippen LogP contribution in [0.5, 0.6) is 0 Å². The smallest absolute Gasteiger partial charge is 0.254 e. The van der Waals surface area contributed by atoms with E-state index in [-0.39, 0.29) is 17.4 Å². The summed E-state index contributed by atoms with van der Waals surface area (Å²) < 4.78 is 0. The first-order valence-electron chi connectivity index (χ1n) is 8.27. The highest BCUT2D eigenvalue weighted by Gasteiger charge is 2.42. The van der Waals surface area contributed by atoms with Gasteiger partial charge in [-0.25, -0.2) is 0 Å². The number of rotatable bonds is 1. The molecule has 0 unspecified atom stereocenters. The predicted octanol–water partition coefficient (Wildman–Crippen LogP) is 2.04. The number of aromatic nitrogens is 1. The van der Waals surface area contributed by atoms with E-state index in [4.69, 9.17) is 0 Å². The number of pyridine rings is 1. The van der Waals surface area contributed by atoms with Crippen LogP contribution >= 0.6 is 0 Å². The summed E-state index contributed by atoms with van der Waals surface area (Å²) in [6, 6.07) is 11.2. The van der Waals surface area contributed by atoms with Gasteiger partial charge in [0.05, 0.1) is 5.54 Å². The number of nitrogens with one attached hydrogen (secondary N) is 1. The van der Waals surface area contributed by atoms with Gasteiger partial charge in [0.1, 0.15) is 0 Å². The van der Waals surface area contributed by atoms with Gasteiger partial charge in [0.2, 0.25) is 0 Å². The van der Waals surface area contributed by atoms with Crippen molar-refractivity contribution in [1.82, 2.24) is 15.2 Å². The quantitative estimate of drug-likeness (QED) is 0.874. The zero-order valence-corrected chi connectivity index (χ0v) is 13.4. The fourth-order valence-corrected chi connectivity index (χ4v) is 3.73. The van der Waals surface area contributed by atoms with E-state index in [1.807, 2.05) is 29.2 Å². The van der Waals surface area contributed by atoms with Crippen LogP contribution < -0.4 is 5.32 Å². The fourth-order valence-electron chi connectivity index (χ4n) is 3.73. The molecule has 1 atom stereocenters. The molecule has 2 aliphatic heterocycles. The number of likely N-dealkylation sites (tertiary alicyclic amines) is 1. The Balaban J connectivity index is 1.54. The zero-order chi connectivity index (χ0) is 16.6. The first-order valence-corrected chi connectivity index (χ1v) is 8.27. The Labute approximate surface area is 140 Å². The first-order chi connectivity index (χ1) is 11.7. The molecule has 1 aromatic heterocycles. The highest BCUT2D eigenvalue weighted by Crippen LogP contribution is 2.31. The van der Waals surface area contributed by atoms with Gasteiger partial charge in [0.25, 0.3) is 11.8 Å². The predicted molar refractivity (Wildman–Crippen MR) is 89.7 cm³/mol. The van der Waals surface area contributed by atoms with E-state index in [1.54, 1.807) is 24.5 Å². The van der Waals surface area contributed by atoms with Crippen LogP contribution in [0.15, 0.2) is 48.8 Å². The maximum Gasteiger partial charge on any atom is 0.254 e. The van der Waals surface area contributed by atoms with E-state index in [2.05, 4.69) is 10.3 Å². The van der Waals surface area contributed by atoms with Crippen LogP contribution in [0.4, 0.5) is 0 Å². The van der Waals surface area contributed by atoms with E-state index in [0.29, 0.717) is 18.7 Å². The zero-order valence-electron chi connectivity index (χ0n) is 13.4. The monoisotopic (exact) mass is 321 g/mol. The van der Waals surface area contributed by atoms with Crippen molar-refractivity contribution in [3.8, 4) is 0 Å². The van der Waals surface area contributed by atoms with Crippen LogP contribution in [0.2, 0.25) is 0 Å². The largest absolute Gasteiger partial charge is 0.345 e. The van der Waals surface area contributed by atoms with Crippen LogP contribution in [0.1, 0.15) is 39.1 Å². The molecule has 1 N–H and O–H groups in total. The van der Waals surface area contributed by atoms with Gasteiger partial charge in [-0.2, -0.15) is 0 Å². The maximum absolute atomic E-state index is 12.6. The van der Waals surface area contributed by atoms with Crippen molar-refractivity contribution in [2.45, 2.75) is 24.8 Å². The number of fused-ring (bicyclic) bond motifs is 1. The Morgan fingerprint density at radius 1 is 1.12 bits per heavy atom. The van der Waals surface area contributed by atoms with Crippen LogP contribution in [0.3, 0.4) is 0 Å². The molecule has 0 radical (unpaired) electrons. The first kappa shape index (κ1) is 14.9. The van der Waals surface area contributed by atoms with Gasteiger partial charge in [0.15, 0.2) is 0 Å². The third-order valence-corrected chi connectivity index (χ3v) is 5.08. The van der Waals surface area contributed by atoms with Crippen molar-refractivity contribution in [3.63, 3.8) is 0 Å². The molecule has 1 aromatic carbocycles. The number of carbonyl (C=O) groups excluding carboxylic acids is 2. The fraction of sp³-hybridized carbons (Fsp3) is 0.316. The second-order valence-corrected chi connectivity index (χ2v) is 6.60. The molecule has 24 heavy (non-hydrogen) atoms. The Morgan fingerprint density at radius 3 is 2.75 bits per heavy atom. The summed E-state index contributed by atoms with van der Waals surface area (Å²) in [6.45, 7) is 1.23. The summed E-state index contributed by atoms with van der Waals surface area (Å²) in [7, 11) is 0. The van der Waals surface area contributed by atoms with Crippen LogP contribution in [0.25, 0.3) is 0 Å². The second-order valence-electron chi connectivity index (χ2n) is 6.60. The molecule has 5 heteroatoms. The number of carbonyl (C=O) groups is 2. The van der Waals surface area contributed by atoms with Gasteiger partial charge in [0, 0.05) is 36.6 Å². The normalized spacial score (nSPS) is 22.8. The molecule has 1 saturated heterocycles. The standard InChI is InChI=1S/C19H19N3O2/c23-17-16-4-2-1-3-14(16)5-8-19(21-17)9-12-22(13-19)18(24)15-6-10-20-11-7-15/h1-4,6-7,10-11H,5,8-9,12-13H2,(H,21,23)/t19-/m1/s1. The molecule has 0 saturated carbocycles. The van der Waals surface area contributed by atoms with Crippen LogP contribution in [-0.2, 0) is 6.42 Å². The topological polar surface area (TPSA) is 62.3 Å². The van der Waals surface area contributed by atoms with Gasteiger partial charge in [-0.1, -0.05) is 18.2 Å². The molecule has 0 bridgehead atoms. The number of aryl methyl sites for hydroxylation is 1. The van der Waals surface area contributed by atoms with Crippen molar-refractivity contribution >= 4 is 11.8 Å². The summed E-state index contributed by atoms with van der Waals surface area (Å²) in [5, 5.41) is 3.20. The Hall–Kier alpha value is -2.69. The number of hydrogen-bond donors (Lipinski definition) is 1. The molecular formula is C19H19N3O2. The molecule has 5 nitrogen and oxygen atoms in total. The third-order valence-electron chi connectivity index (χ3n) is 5.08. The summed E-state index contributed by atoms with van der Waals surface area (Å²) in [6.07, 6.45) is 5.76. The van der Waals surface area contributed by atoms with Crippen LogP contribution in [-0.4, -0.2) is 40.3 Å². The van der Waals surface area contributed by atoms with E-state index in [0.717, 1.165) is 30.4 Å². The van der Waals surface area contributed by atoms with Gasteiger partial charge >= 0.3 is 0 Å². The number of amides is 2. The van der Waals surface area contributed by atoms with Crippen LogP contribution in [0, 0.1) is 0 Å². The van der Waals surface area contributed by atoms with Gasteiger partial charge in [-0.05, 0) is 43.0 Å². The summed E-state index contributed by atoms with van der Waals surface area (Å²) in [5.41, 5.74) is 2.17. The maximum atomic E-state index is 12.6. The van der Waals surface area contributed by atoms with E-state index in [9.17, 15) is 9.59 Å². The molecule has 122 valence electrons. The van der Waals surface area contributed by atoms with E-state index < -0.39 is 0 Å². The second kappa shape index (κ2) is 5.74. The lowest BCUT2D eigenvalue weighted by Gasteiger charge is -2.29. The van der Waals surface area contributed by atoms with Crippen molar-refractivity contribution in [2.24, 2.45) is 0 Å². The third kappa shape index (κ3) is 2.56. The minimum Gasteiger partial charge on any atom is -0.345 e.